The predicted octanol–water partition coefficient (Wildman–Crippen LogP) is 3.86. The zero-order valence-corrected chi connectivity index (χ0v) is 13.1. The maximum absolute atomic E-state index is 12.1. The van der Waals surface area contributed by atoms with Crippen molar-refractivity contribution in [2.75, 3.05) is 0 Å². The molecule has 1 amide bonds. The Balaban J connectivity index is 2.48. The third-order valence-corrected chi connectivity index (χ3v) is 4.04. The Hall–Kier alpha value is -3.01. The first kappa shape index (κ1) is 14.9. The topological polar surface area (TPSA) is 68.2 Å². The van der Waals surface area contributed by atoms with E-state index in [4.69, 9.17) is 5.73 Å². The molecule has 4 nitrogen and oxygen atoms in total. The number of primary amides is 1. The van der Waals surface area contributed by atoms with Crippen LogP contribution in [0.25, 0.3) is 22.2 Å². The number of aromatic nitrogens is 1. The van der Waals surface area contributed by atoms with Gasteiger partial charge in [0, 0.05) is 11.1 Å². The van der Waals surface area contributed by atoms with Gasteiger partial charge < -0.3 is 15.4 Å². The predicted molar refractivity (Wildman–Crippen MR) is 92.8 cm³/mol. The van der Waals surface area contributed by atoms with Crippen LogP contribution in [-0.4, -0.2) is 15.6 Å². The van der Waals surface area contributed by atoms with E-state index in [-0.39, 0.29) is 5.75 Å². The quantitative estimate of drug-likeness (QED) is 0.771. The Morgan fingerprint density at radius 2 is 1.78 bits per heavy atom. The van der Waals surface area contributed by atoms with Gasteiger partial charge >= 0.3 is 0 Å². The Bertz CT molecular complexity index is 918. The number of para-hydroxylation sites is 1. The molecule has 1 aromatic heterocycles. The molecule has 0 fully saturated rings. The average Bonchev–Trinajstić information content (AvgIpc) is 2.90. The summed E-state index contributed by atoms with van der Waals surface area (Å²) in [4.78, 5) is 12.1. The van der Waals surface area contributed by atoms with Crippen LogP contribution >= 0.6 is 0 Å². The molecular weight excluding hydrogens is 288 g/mol. The first-order valence-corrected chi connectivity index (χ1v) is 7.40. The summed E-state index contributed by atoms with van der Waals surface area (Å²) in [6.07, 6.45) is 1.96. The number of hydrogen-bond acceptors (Lipinski definition) is 2. The Kier molecular flexibility index (Phi) is 3.66. The number of fused-ring (bicyclic) bond motifs is 1. The molecule has 3 aromatic rings. The minimum atomic E-state index is -0.449. The van der Waals surface area contributed by atoms with E-state index in [2.05, 4.69) is 0 Å². The smallest absolute Gasteiger partial charge is 0.251 e. The summed E-state index contributed by atoms with van der Waals surface area (Å²) in [5, 5.41) is 10.4. The van der Waals surface area contributed by atoms with Crippen LogP contribution in [0.2, 0.25) is 0 Å². The van der Waals surface area contributed by atoms with Crippen LogP contribution in [0, 0.1) is 0 Å². The molecule has 0 radical (unpaired) electrons. The molecule has 0 saturated heterocycles. The van der Waals surface area contributed by atoms with E-state index in [1.807, 2.05) is 60.9 Å². The Labute approximate surface area is 134 Å². The van der Waals surface area contributed by atoms with Crippen molar-refractivity contribution >= 4 is 22.4 Å². The molecule has 1 heterocycles. The lowest BCUT2D eigenvalue weighted by Crippen LogP contribution is -2.13. The fourth-order valence-electron chi connectivity index (χ4n) is 2.87. The van der Waals surface area contributed by atoms with Crippen molar-refractivity contribution in [2.45, 2.75) is 13.8 Å². The van der Waals surface area contributed by atoms with E-state index in [0.29, 0.717) is 5.56 Å². The van der Waals surface area contributed by atoms with Gasteiger partial charge in [-0.05, 0) is 49.8 Å². The normalized spacial score (nSPS) is 11.8. The number of allylic oxidation sites excluding steroid dienone is 2. The molecule has 0 aliphatic carbocycles. The molecule has 3 rings (SSSR count). The number of aromatic hydroxyl groups is 1. The van der Waals surface area contributed by atoms with Gasteiger partial charge in [-0.25, -0.2) is 0 Å². The maximum Gasteiger partial charge on any atom is 0.251 e. The highest BCUT2D eigenvalue weighted by Gasteiger charge is 2.22. The first-order chi connectivity index (χ1) is 11.0. The minimum absolute atomic E-state index is 0.199. The van der Waals surface area contributed by atoms with Crippen LogP contribution in [-0.2, 0) is 0 Å². The second-order valence-corrected chi connectivity index (χ2v) is 5.43. The fourth-order valence-corrected chi connectivity index (χ4v) is 2.87. The summed E-state index contributed by atoms with van der Waals surface area (Å²) in [6.45, 7) is 3.89. The first-order valence-electron chi connectivity index (χ1n) is 7.40. The monoisotopic (exact) mass is 306 g/mol. The van der Waals surface area contributed by atoms with Crippen molar-refractivity contribution in [1.82, 2.24) is 4.57 Å². The van der Waals surface area contributed by atoms with Gasteiger partial charge in [-0.15, -0.1) is 0 Å². The standard InChI is InChI=1S/C19H18N2O2/c1-3-12(2)18-17(19(20)23)15-6-4-5-7-16(15)21(18)13-8-10-14(22)11-9-13/h3-11,22H,1-2H3,(H2,20,23)/b12-3-. The Morgan fingerprint density at radius 1 is 1.13 bits per heavy atom. The van der Waals surface area contributed by atoms with Crippen LogP contribution in [0.5, 0.6) is 5.75 Å². The summed E-state index contributed by atoms with van der Waals surface area (Å²) >= 11 is 0. The van der Waals surface area contributed by atoms with Gasteiger partial charge in [0.15, 0.2) is 0 Å². The van der Waals surface area contributed by atoms with Gasteiger partial charge in [0.25, 0.3) is 5.91 Å². The molecule has 2 aromatic carbocycles. The summed E-state index contributed by atoms with van der Waals surface area (Å²) < 4.78 is 2.00. The van der Waals surface area contributed by atoms with Gasteiger partial charge in [0.05, 0.1) is 16.8 Å². The molecule has 0 unspecified atom stereocenters. The molecule has 0 aliphatic rings. The third kappa shape index (κ3) is 2.38. The van der Waals surface area contributed by atoms with Gasteiger partial charge in [0.2, 0.25) is 0 Å². The number of phenols is 1. The number of benzene rings is 2. The Morgan fingerprint density at radius 3 is 2.39 bits per heavy atom. The van der Waals surface area contributed by atoms with Crippen LogP contribution in [0.4, 0.5) is 0 Å². The number of rotatable bonds is 3. The van der Waals surface area contributed by atoms with Crippen molar-refractivity contribution in [3.63, 3.8) is 0 Å². The summed E-state index contributed by atoms with van der Waals surface area (Å²) in [5.41, 5.74) is 9.70. The van der Waals surface area contributed by atoms with Gasteiger partial charge in [-0.3, -0.25) is 4.79 Å². The van der Waals surface area contributed by atoms with E-state index in [9.17, 15) is 9.90 Å². The molecule has 0 spiro atoms. The number of amides is 1. The lowest BCUT2D eigenvalue weighted by molar-refractivity contribution is 0.100. The number of hydrogen-bond donors (Lipinski definition) is 2. The van der Waals surface area contributed by atoms with Gasteiger partial charge in [0.1, 0.15) is 5.75 Å². The summed E-state index contributed by atoms with van der Waals surface area (Å²) in [5.74, 6) is -0.250. The molecule has 3 N–H and O–H groups in total. The van der Waals surface area contributed by atoms with Crippen molar-refractivity contribution in [3.8, 4) is 11.4 Å². The van der Waals surface area contributed by atoms with E-state index >= 15 is 0 Å². The molecule has 0 atom stereocenters. The zero-order valence-electron chi connectivity index (χ0n) is 13.1. The maximum atomic E-state index is 12.1. The summed E-state index contributed by atoms with van der Waals surface area (Å²) in [7, 11) is 0. The van der Waals surface area contributed by atoms with Crippen molar-refractivity contribution in [1.29, 1.82) is 0 Å². The van der Waals surface area contributed by atoms with E-state index in [0.717, 1.165) is 27.9 Å². The van der Waals surface area contributed by atoms with Crippen LogP contribution < -0.4 is 5.73 Å². The van der Waals surface area contributed by atoms with Crippen LogP contribution in [0.1, 0.15) is 29.9 Å². The van der Waals surface area contributed by atoms with E-state index in [1.165, 1.54) is 0 Å². The molecule has 116 valence electrons. The van der Waals surface area contributed by atoms with Crippen molar-refractivity contribution in [2.24, 2.45) is 5.73 Å². The molecular formula is C19H18N2O2. The number of nitrogens with two attached hydrogens (primary N) is 1. The molecule has 0 aliphatic heterocycles. The van der Waals surface area contributed by atoms with Crippen LogP contribution in [0.3, 0.4) is 0 Å². The highest BCUT2D eigenvalue weighted by molar-refractivity contribution is 6.11. The zero-order chi connectivity index (χ0) is 16.6. The van der Waals surface area contributed by atoms with E-state index in [1.54, 1.807) is 12.1 Å². The number of carbonyl (C=O) groups excluding carboxylic acids is 1. The molecule has 23 heavy (non-hydrogen) atoms. The highest BCUT2D eigenvalue weighted by atomic mass is 16.3. The number of phenolic OH excluding ortho intramolecular Hbond substituents is 1. The fraction of sp³-hybridized carbons (Fsp3) is 0.105. The lowest BCUT2D eigenvalue weighted by atomic mass is 10.1. The molecule has 0 bridgehead atoms. The molecule has 0 saturated carbocycles. The lowest BCUT2D eigenvalue weighted by Gasteiger charge is -2.12. The average molecular weight is 306 g/mol. The van der Waals surface area contributed by atoms with Crippen molar-refractivity contribution < 1.29 is 9.90 Å². The molecule has 4 heteroatoms. The number of carbonyl (C=O) groups is 1. The second-order valence-electron chi connectivity index (χ2n) is 5.43. The van der Waals surface area contributed by atoms with Crippen LogP contribution in [0.15, 0.2) is 54.6 Å². The van der Waals surface area contributed by atoms with Crippen molar-refractivity contribution in [3.05, 3.63) is 65.9 Å². The highest BCUT2D eigenvalue weighted by Crippen LogP contribution is 2.33. The third-order valence-electron chi connectivity index (χ3n) is 4.04. The second kappa shape index (κ2) is 5.65. The van der Waals surface area contributed by atoms with Gasteiger partial charge in [-0.1, -0.05) is 24.3 Å². The van der Waals surface area contributed by atoms with E-state index < -0.39 is 5.91 Å². The summed E-state index contributed by atoms with van der Waals surface area (Å²) in [6, 6.07) is 14.6. The van der Waals surface area contributed by atoms with Gasteiger partial charge in [-0.2, -0.15) is 0 Å². The minimum Gasteiger partial charge on any atom is -0.508 e. The largest absolute Gasteiger partial charge is 0.508 e. The SMILES string of the molecule is C/C=C(/C)c1c(C(N)=O)c2ccccc2n1-c1ccc(O)cc1. The number of nitrogens with zero attached hydrogens (tertiary/aromatic N) is 1.